The second-order valence-electron chi connectivity index (χ2n) is 24.4. The van der Waals surface area contributed by atoms with Crippen molar-refractivity contribution >= 4 is 231 Å². The molecular formula is C80H139BBr4Cl7N26O11P. The number of hydrogen-bond donors (Lipinski definition) is 18. The van der Waals surface area contributed by atoms with Crippen molar-refractivity contribution < 1.29 is 45.9 Å². The third-order valence-electron chi connectivity index (χ3n) is 14.6. The number of nitrogens with zero attached hydrogens (tertiary/aromatic N) is 12. The molecule has 0 radical (unpaired) electrons. The van der Waals surface area contributed by atoms with Crippen molar-refractivity contribution in [2.75, 3.05) is 23.0 Å². The summed E-state index contributed by atoms with van der Waals surface area (Å²) >= 11 is 49.1. The van der Waals surface area contributed by atoms with Gasteiger partial charge in [0, 0.05) is 123 Å². The largest absolute Gasteiger partial charge is 0.489 e. The third-order valence-corrected chi connectivity index (χ3v) is 16.8. The average molecular weight is 2250 g/mol. The number of carbonyl (C=O) groups is 1. The highest BCUT2D eigenvalue weighted by Crippen LogP contribution is 2.61. The van der Waals surface area contributed by atoms with Crippen LogP contribution in [0.15, 0.2) is 136 Å². The van der Waals surface area contributed by atoms with Gasteiger partial charge in [0.25, 0.3) is 0 Å². The van der Waals surface area contributed by atoms with Crippen molar-refractivity contribution in [2.45, 2.75) is 233 Å². The molecule has 0 aliphatic rings. The summed E-state index contributed by atoms with van der Waals surface area (Å²) in [7, 11) is -1.54. The first kappa shape index (κ1) is 143. The number of aryl methyl sites for hydroxylation is 4. The van der Waals surface area contributed by atoms with E-state index in [9.17, 15) is 24.3 Å². The molecule has 12 aromatic heterocycles. The molecule has 12 heterocycles. The lowest BCUT2D eigenvalue weighted by Crippen LogP contribution is -2.30. The summed E-state index contributed by atoms with van der Waals surface area (Å²) in [6, 6.07) is 14.5. The number of anilines is 3. The number of nitrogens with two attached hydrogens (primary N) is 2. The van der Waals surface area contributed by atoms with Crippen LogP contribution in [0.4, 0.5) is 22.7 Å². The lowest BCUT2D eigenvalue weighted by molar-refractivity contribution is -0.384. The number of allylic oxidation sites excluding steroid dienone is 1. The standard InChI is InChI=1S/C16H25BrN4.C9H13N3O2.C9H21N.C7H5BrClN3.C7H6ClN3.C7H7N3O.C6H5BCl2O2.C3H3N3O2.C3H5N3.C3H4N2.10CH4.Br2.Cl3OP.H3NO3.H2/c1-4-6-8-12(9-7-5-2)19-13-10-11(3)18-15-14(13)20-21-16(15)17;1-3-14-9(13)4-7(2)12-8-5-10-11-6-8;1-3-5-7-9(10)8-6-4-2;1-3-2-4(9)5-6(10-3)7(8)12-11-5;1-4-2-5(8)7-6(10-4)3-9-11-7;1-4-2-6(11)7-5(9-4)3-8-10-7;8-4-1-2-5(7(10)11)6(9)3-4;7-6(8)3-1-4-5-2-3;4-3-1-5-6-2-3;1-2-4-5-3-1;;;;;;;;;;;1-2;1-5(2,3)4;2-1-4-3;/h10,12H,4-9H2,1-3H3,(H,18,19)(H,20,21);4-6,12H,3H2,1-2H3,(H,10,11);9H,3-8,10H2,1-2H3;2H,1H3,(H,11,12);2-3H,1H3,(H,9,11);2-3H,1H3,(H,8,10)(H,9,11);1-3,10-11H;1-2H,(H,4,5);1-2H,4H2,(H,5,6);1-3H,(H,4,5);10*1H4;;;1-3H;1H/b;7-4+;;;;;;;;;;;;;;;;;;;;;;. The monoisotopic (exact) mass is 2240 g/mol. The molecule has 50 heteroatoms. The third kappa shape index (κ3) is 62.7. The highest BCUT2D eigenvalue weighted by molar-refractivity contribution is 9.93. The van der Waals surface area contributed by atoms with Crippen molar-refractivity contribution in [3.05, 3.63) is 195 Å². The van der Waals surface area contributed by atoms with E-state index in [1.807, 2.05) is 39.8 Å². The first-order valence-corrected chi connectivity index (χ1v) is 47.3. The number of nitrogens with one attached hydrogen (secondary N) is 12. The molecule has 0 unspecified atom stereocenters. The van der Waals surface area contributed by atoms with E-state index in [1.165, 1.54) is 101 Å². The summed E-state index contributed by atoms with van der Waals surface area (Å²) in [5, 5.41) is 98.4. The number of pyridine rings is 4. The Morgan fingerprint density at radius 1 is 0.646 bits per heavy atom. The van der Waals surface area contributed by atoms with Crippen LogP contribution >= 0.6 is 145 Å². The van der Waals surface area contributed by atoms with Crippen molar-refractivity contribution in [2.24, 2.45) is 5.73 Å². The summed E-state index contributed by atoms with van der Waals surface area (Å²) in [6.45, 7) is 20.5. The Morgan fingerprint density at radius 3 is 1.58 bits per heavy atom. The maximum Gasteiger partial charge on any atom is 0.489 e. The molecule has 0 aliphatic heterocycles. The molecule has 0 bridgehead atoms. The number of ether oxygens (including phenoxy) is 1. The number of halogens is 11. The van der Waals surface area contributed by atoms with Crippen LogP contribution in [-0.2, 0) is 19.1 Å². The lowest BCUT2D eigenvalue weighted by atomic mass is 9.80. The number of nitro groups is 1. The van der Waals surface area contributed by atoms with Crippen LogP contribution in [-0.4, -0.2) is 159 Å². The van der Waals surface area contributed by atoms with Gasteiger partial charge in [0.05, 0.1) is 75.1 Å². The van der Waals surface area contributed by atoms with E-state index in [2.05, 4.69) is 245 Å². The molecule has 0 spiro atoms. The fourth-order valence-corrected chi connectivity index (χ4v) is 11.1. The summed E-state index contributed by atoms with van der Waals surface area (Å²) in [5.74, 6) is -0.346. The van der Waals surface area contributed by atoms with Gasteiger partial charge in [0.2, 0.25) is 5.43 Å². The minimum absolute atomic E-state index is 0. The number of benzene rings is 1. The number of carbonyl (C=O) groups excluding carboxylic acids is 1. The number of hydrogen-bond acceptors (Lipinski definition) is 27. The van der Waals surface area contributed by atoms with Crippen LogP contribution in [0, 0.1) is 37.8 Å². The maximum absolute atomic E-state index is 11.2. The zero-order valence-corrected chi connectivity index (χ0v) is 79.2. The lowest BCUT2D eigenvalue weighted by Gasteiger charge is -2.20. The first-order chi connectivity index (χ1) is 57.1. The Kier molecular flexibility index (Phi) is 91.3. The maximum atomic E-state index is 11.2. The number of aromatic amines is 9. The molecule has 0 aliphatic carbocycles. The predicted molar refractivity (Wildman–Crippen MR) is 563 cm³/mol. The predicted octanol–water partition coefficient (Wildman–Crippen LogP) is 26.2. The van der Waals surface area contributed by atoms with Crippen molar-refractivity contribution in [1.29, 1.82) is 0 Å². The molecule has 0 amide bonds. The fraction of sp³-hybridized carbons (Fsp3) is 0.438. The minimum atomic E-state index is -3.22. The molecule has 130 heavy (non-hydrogen) atoms. The van der Waals surface area contributed by atoms with Gasteiger partial charge < -0.3 is 41.9 Å². The molecule has 20 N–H and O–H groups in total. The Balaban J connectivity index is -0.000000135. The molecule has 0 fully saturated rings. The second-order valence-corrected chi connectivity index (χ2v) is 34.3. The van der Waals surface area contributed by atoms with Crippen molar-refractivity contribution in [3.63, 3.8) is 0 Å². The SMILES string of the molecule is BrBr.C.C.C.C.C.C.C.C.C.C.CCCCC(CCCC)Nc1cc(C)nc2c(Br)[nH]nc12.CCCCC(N)CCCC.CCOC(=O)/C=C(\C)Nc1cn[nH]c1.Cc1cc(=O)c2[nH]ncc2[nH]1.Cc1cc(Cl)c2[nH]ncc2n1.Cc1cc(Cl)c2n[nH]c(Br)c2n1.Nc1cn[nH]c1.O=P(Cl)(Cl)Cl.O=[N+]([O-])c1cn[nH]c1.OB(O)c1ccc(Cl)cc1Cl.ONOO.[HH].c1cn[nH]c1. The molecule has 0 saturated carbocycles. The van der Waals surface area contributed by atoms with Gasteiger partial charge in [-0.3, -0.25) is 65.5 Å². The molecule has 37 nitrogen and oxygen atoms in total. The molecule has 0 saturated heterocycles. The van der Waals surface area contributed by atoms with E-state index >= 15 is 0 Å². The van der Waals surface area contributed by atoms with Gasteiger partial charge in [-0.1, -0.05) is 206 Å². The average Bonchev–Trinajstić information content (AvgIpc) is 1.74. The van der Waals surface area contributed by atoms with Gasteiger partial charge >= 0.3 is 24.0 Å². The van der Waals surface area contributed by atoms with Gasteiger partial charge in [-0.25, -0.2) is 25.0 Å². The molecular weight excluding hydrogens is 2110 g/mol. The van der Waals surface area contributed by atoms with E-state index in [0.29, 0.717) is 56.2 Å². The number of unbranched alkanes of at least 4 members (excludes halogenated alkanes) is 4. The smallest absolute Gasteiger partial charge is 0.463 e. The van der Waals surface area contributed by atoms with Crippen LogP contribution in [0.3, 0.4) is 0 Å². The van der Waals surface area contributed by atoms with Crippen LogP contribution in [0.25, 0.3) is 44.1 Å². The summed E-state index contributed by atoms with van der Waals surface area (Å²) in [6.07, 6.45) is 32.0. The summed E-state index contributed by atoms with van der Waals surface area (Å²) < 4.78 is 15.9. The van der Waals surface area contributed by atoms with E-state index in [1.54, 1.807) is 81.6 Å². The number of esters is 1. The normalized spacial score (nSPS) is 9.52. The Bertz CT molecular complexity index is 5010. The first-order valence-electron chi connectivity index (χ1n) is 36.1. The van der Waals surface area contributed by atoms with E-state index in [-0.39, 0.29) is 103 Å². The van der Waals surface area contributed by atoms with Crippen LogP contribution in [0.5, 0.6) is 0 Å². The quantitative estimate of drug-likeness (QED) is 0.00604. The highest BCUT2D eigenvalue weighted by Gasteiger charge is 2.17. The molecule has 13 rings (SSSR count). The Morgan fingerprint density at radius 2 is 1.14 bits per heavy atom. The zero-order valence-electron chi connectivity index (χ0n) is 66.7. The van der Waals surface area contributed by atoms with Crippen LogP contribution in [0.1, 0.15) is 217 Å². The van der Waals surface area contributed by atoms with Gasteiger partial charge in [0.15, 0.2) is 0 Å². The van der Waals surface area contributed by atoms with E-state index in [0.717, 1.165) is 88.3 Å². The summed E-state index contributed by atoms with van der Waals surface area (Å²) in [5.41, 5.74) is 25.4. The van der Waals surface area contributed by atoms with Crippen LogP contribution < -0.4 is 38.6 Å². The highest BCUT2D eigenvalue weighted by atomic mass is 80.9. The Hall–Kier alpha value is -7.69. The van der Waals surface area contributed by atoms with Crippen molar-refractivity contribution in [1.82, 2.24) is 107 Å². The van der Waals surface area contributed by atoms with E-state index in [4.69, 9.17) is 83.1 Å². The van der Waals surface area contributed by atoms with Crippen LogP contribution in [0.2, 0.25) is 20.1 Å². The second kappa shape index (κ2) is 83.2. The molecule has 0 atom stereocenters. The summed E-state index contributed by atoms with van der Waals surface area (Å²) in [4.78, 5) is 50.4. The Labute approximate surface area is 833 Å². The van der Waals surface area contributed by atoms with Gasteiger partial charge in [-0.2, -0.15) is 40.8 Å². The van der Waals surface area contributed by atoms with E-state index < -0.39 is 17.2 Å². The number of aromatic nitrogens is 20. The fourth-order valence-electron chi connectivity index (χ4n) is 9.31. The van der Waals surface area contributed by atoms with Gasteiger partial charge in [0.1, 0.15) is 54.0 Å². The number of rotatable bonds is 21. The zero-order chi connectivity index (χ0) is 90.1. The molecule has 740 valence electrons. The molecule has 1 aromatic carbocycles. The van der Waals surface area contributed by atoms with Crippen molar-refractivity contribution in [3.8, 4) is 0 Å². The molecule has 13 aromatic rings. The minimum Gasteiger partial charge on any atom is -0.463 e. The number of H-pyrrole nitrogens is 9. The topological polar surface area (TPSA) is 566 Å². The van der Waals surface area contributed by atoms with Gasteiger partial charge in [-0.15, -0.1) is 4.99 Å². The number of fused-ring (bicyclic) bond motifs is 4. The van der Waals surface area contributed by atoms with Gasteiger partial charge in [-0.05, 0) is 175 Å². The number of nitrogen functional groups attached to an aromatic ring is 1.